The van der Waals surface area contributed by atoms with Gasteiger partial charge in [-0.15, -0.1) is 0 Å². The Labute approximate surface area is 169 Å². The first-order valence-electron chi connectivity index (χ1n) is 9.62. The van der Waals surface area contributed by atoms with E-state index in [1.807, 2.05) is 12.1 Å². The summed E-state index contributed by atoms with van der Waals surface area (Å²) in [4.78, 5) is 13.0. The Hall–Kier alpha value is -2.19. The number of halogens is 1. The minimum atomic E-state index is -0.0442. The van der Waals surface area contributed by atoms with Gasteiger partial charge in [-0.05, 0) is 47.6 Å². The van der Waals surface area contributed by atoms with Crippen molar-refractivity contribution in [2.75, 3.05) is 0 Å². The van der Waals surface area contributed by atoms with Crippen LogP contribution in [-0.4, -0.2) is 5.78 Å². The fourth-order valence-electron chi connectivity index (χ4n) is 4.54. The zero-order chi connectivity index (χ0) is 18.6. The molecule has 0 spiro atoms. The van der Waals surface area contributed by atoms with Crippen molar-refractivity contribution in [2.24, 2.45) is 5.92 Å². The van der Waals surface area contributed by atoms with Gasteiger partial charge in [0.25, 0.3) is 0 Å². The number of ketones is 1. The molecule has 1 saturated carbocycles. The molecule has 1 aliphatic rings. The van der Waals surface area contributed by atoms with Crippen molar-refractivity contribution in [1.29, 1.82) is 0 Å². The molecule has 3 aromatic carbocycles. The van der Waals surface area contributed by atoms with Crippen LogP contribution in [0.3, 0.4) is 0 Å². The van der Waals surface area contributed by atoms with Crippen LogP contribution in [0.15, 0.2) is 89.4 Å². The summed E-state index contributed by atoms with van der Waals surface area (Å²) in [6.45, 7) is 0. The van der Waals surface area contributed by atoms with Gasteiger partial charge in [-0.2, -0.15) is 0 Å². The molecule has 4 rings (SSSR count). The molecule has 1 fully saturated rings. The minimum absolute atomic E-state index is 0.0442. The second-order valence-corrected chi connectivity index (χ2v) is 8.27. The van der Waals surface area contributed by atoms with Crippen LogP contribution in [0.2, 0.25) is 0 Å². The van der Waals surface area contributed by atoms with E-state index in [0.29, 0.717) is 12.2 Å². The number of hydrogen-bond donors (Lipinski definition) is 0. The second-order valence-electron chi connectivity index (χ2n) is 7.35. The van der Waals surface area contributed by atoms with Gasteiger partial charge in [0.1, 0.15) is 5.78 Å². The van der Waals surface area contributed by atoms with Gasteiger partial charge in [0.05, 0.1) is 0 Å². The molecule has 2 heteroatoms. The van der Waals surface area contributed by atoms with Gasteiger partial charge in [-0.25, -0.2) is 0 Å². The first-order valence-corrected chi connectivity index (χ1v) is 10.4. The lowest BCUT2D eigenvalue weighted by molar-refractivity contribution is -0.123. The smallest absolute Gasteiger partial charge is 0.140 e. The molecule has 0 radical (unpaired) electrons. The van der Waals surface area contributed by atoms with E-state index in [0.717, 1.165) is 22.9 Å². The molecule has 0 amide bonds. The average molecular weight is 419 g/mol. The molecule has 0 aromatic heterocycles. The van der Waals surface area contributed by atoms with Crippen LogP contribution >= 0.6 is 15.9 Å². The molecule has 0 N–H and O–H groups in total. The van der Waals surface area contributed by atoms with E-state index in [-0.39, 0.29) is 17.8 Å². The van der Waals surface area contributed by atoms with Gasteiger partial charge < -0.3 is 0 Å². The van der Waals surface area contributed by atoms with Crippen molar-refractivity contribution in [3.05, 3.63) is 106 Å². The molecule has 2 atom stereocenters. The summed E-state index contributed by atoms with van der Waals surface area (Å²) in [7, 11) is 0. The van der Waals surface area contributed by atoms with E-state index < -0.39 is 0 Å². The van der Waals surface area contributed by atoms with E-state index in [4.69, 9.17) is 0 Å². The predicted octanol–water partition coefficient (Wildman–Crippen LogP) is 6.73. The molecule has 0 aliphatic heterocycles. The van der Waals surface area contributed by atoms with Gasteiger partial charge in [0, 0.05) is 22.7 Å². The van der Waals surface area contributed by atoms with Crippen molar-refractivity contribution in [3.63, 3.8) is 0 Å². The lowest BCUT2D eigenvalue weighted by Crippen LogP contribution is -2.31. The Bertz CT molecular complexity index is 847. The van der Waals surface area contributed by atoms with Crippen LogP contribution in [0.4, 0.5) is 0 Å². The summed E-state index contributed by atoms with van der Waals surface area (Å²) in [5.74, 6) is 0.838. The number of carbonyl (C=O) groups is 1. The van der Waals surface area contributed by atoms with Crippen LogP contribution in [0, 0.1) is 5.92 Å². The van der Waals surface area contributed by atoms with Gasteiger partial charge in [0.2, 0.25) is 0 Å². The Morgan fingerprint density at radius 3 is 1.89 bits per heavy atom. The van der Waals surface area contributed by atoms with Crippen LogP contribution in [-0.2, 0) is 4.79 Å². The number of hydrogen-bond acceptors (Lipinski definition) is 1. The van der Waals surface area contributed by atoms with Gasteiger partial charge >= 0.3 is 0 Å². The van der Waals surface area contributed by atoms with E-state index >= 15 is 0 Å². The Morgan fingerprint density at radius 1 is 0.778 bits per heavy atom. The maximum Gasteiger partial charge on any atom is 0.140 e. The quantitative estimate of drug-likeness (QED) is 0.458. The third-order valence-electron chi connectivity index (χ3n) is 5.71. The van der Waals surface area contributed by atoms with Crippen LogP contribution in [0.5, 0.6) is 0 Å². The standard InChI is InChI=1S/C25H23BrO/c26-21-16-14-20(15-17-21)25-22(12-7-13-23(25)27)24(18-8-3-1-4-9-18)19-10-5-2-6-11-19/h1-6,8-11,14-17,22,24-25H,7,12-13H2/t22-,25-/m0/s1. The highest BCUT2D eigenvalue weighted by Crippen LogP contribution is 2.46. The normalized spacial score (nSPS) is 20.0. The third-order valence-corrected chi connectivity index (χ3v) is 6.24. The topological polar surface area (TPSA) is 17.1 Å². The maximum absolute atomic E-state index is 13.0. The molecule has 0 heterocycles. The number of benzene rings is 3. The molecule has 0 unspecified atom stereocenters. The van der Waals surface area contributed by atoms with Crippen molar-refractivity contribution in [1.82, 2.24) is 0 Å². The summed E-state index contributed by atoms with van der Waals surface area (Å²) >= 11 is 3.52. The number of rotatable bonds is 4. The number of carbonyl (C=O) groups excluding carboxylic acids is 1. The molecule has 136 valence electrons. The fraction of sp³-hybridized carbons (Fsp3) is 0.240. The van der Waals surface area contributed by atoms with Gasteiger partial charge in [-0.3, -0.25) is 4.79 Å². The highest BCUT2D eigenvalue weighted by molar-refractivity contribution is 9.10. The van der Waals surface area contributed by atoms with Crippen molar-refractivity contribution < 1.29 is 4.79 Å². The summed E-state index contributed by atoms with van der Waals surface area (Å²) in [5, 5.41) is 0. The molecule has 3 aromatic rings. The van der Waals surface area contributed by atoms with Crippen LogP contribution < -0.4 is 0 Å². The van der Waals surface area contributed by atoms with E-state index in [1.165, 1.54) is 11.1 Å². The highest BCUT2D eigenvalue weighted by Gasteiger charge is 2.39. The van der Waals surface area contributed by atoms with E-state index in [9.17, 15) is 4.79 Å². The zero-order valence-electron chi connectivity index (χ0n) is 15.2. The Morgan fingerprint density at radius 2 is 1.33 bits per heavy atom. The average Bonchev–Trinajstić information content (AvgIpc) is 2.71. The summed E-state index contributed by atoms with van der Waals surface area (Å²) in [6.07, 6.45) is 2.74. The minimum Gasteiger partial charge on any atom is -0.299 e. The Kier molecular flexibility index (Phi) is 5.54. The van der Waals surface area contributed by atoms with Crippen LogP contribution in [0.1, 0.15) is 47.8 Å². The molecular formula is C25H23BrO. The molecule has 27 heavy (non-hydrogen) atoms. The molecule has 0 bridgehead atoms. The monoisotopic (exact) mass is 418 g/mol. The van der Waals surface area contributed by atoms with E-state index in [1.54, 1.807) is 0 Å². The van der Waals surface area contributed by atoms with Crippen molar-refractivity contribution >= 4 is 21.7 Å². The first kappa shape index (κ1) is 18.2. The fourth-order valence-corrected chi connectivity index (χ4v) is 4.81. The summed E-state index contributed by atoms with van der Waals surface area (Å²) < 4.78 is 1.05. The summed E-state index contributed by atoms with van der Waals surface area (Å²) in [6, 6.07) is 29.7. The maximum atomic E-state index is 13.0. The first-order chi connectivity index (χ1) is 13.2. The van der Waals surface area contributed by atoms with E-state index in [2.05, 4.69) is 88.7 Å². The highest BCUT2D eigenvalue weighted by atomic mass is 79.9. The predicted molar refractivity (Wildman–Crippen MR) is 114 cm³/mol. The SMILES string of the molecule is O=C1CCC[C@@H](C(c2ccccc2)c2ccccc2)[C@@H]1c1ccc(Br)cc1. The van der Waals surface area contributed by atoms with Crippen LogP contribution in [0.25, 0.3) is 0 Å². The molecular weight excluding hydrogens is 396 g/mol. The lowest BCUT2D eigenvalue weighted by Gasteiger charge is -2.37. The molecule has 1 aliphatic carbocycles. The second kappa shape index (κ2) is 8.22. The summed E-state index contributed by atoms with van der Waals surface area (Å²) in [5.41, 5.74) is 3.74. The van der Waals surface area contributed by atoms with Gasteiger partial charge in [-0.1, -0.05) is 88.7 Å². The van der Waals surface area contributed by atoms with Crippen molar-refractivity contribution in [3.8, 4) is 0 Å². The molecule has 0 saturated heterocycles. The third kappa shape index (κ3) is 3.91. The van der Waals surface area contributed by atoms with Crippen molar-refractivity contribution in [2.45, 2.75) is 31.1 Å². The zero-order valence-corrected chi connectivity index (χ0v) is 16.8. The lowest BCUT2D eigenvalue weighted by atomic mass is 9.65. The number of Topliss-reactive ketones (excluding diaryl/α,β-unsaturated/α-hetero) is 1. The van der Waals surface area contributed by atoms with Gasteiger partial charge in [0.15, 0.2) is 0 Å². The largest absolute Gasteiger partial charge is 0.299 e. The Balaban J connectivity index is 1.81. The molecule has 1 nitrogen and oxygen atoms in total.